The number of rotatable bonds is 5. The Morgan fingerprint density at radius 1 is 0.380 bits per heavy atom. The van der Waals surface area contributed by atoms with Crippen molar-refractivity contribution in [2.24, 2.45) is 0 Å². The minimum absolute atomic E-state index is 0.571. The standard InChI is InChI=1S/C44H28N6/c1-4-15-29(16-5-1)42-46-43(30-17-6-2-7-18-30)48-44(47-42)50-35-24-11-10-21-34(35)39-32(22-12-25-36(39)50)33-23-13-26-37-40(33)41-38(27-14-28-45-41)49(37)31-19-8-3-9-20-31/h1-28H. The number of para-hydroxylation sites is 2. The van der Waals surface area contributed by atoms with Gasteiger partial charge in [-0.05, 0) is 53.6 Å². The van der Waals surface area contributed by atoms with Gasteiger partial charge in [-0.15, -0.1) is 0 Å². The molecule has 4 aromatic heterocycles. The molecule has 0 atom stereocenters. The Kier molecular flexibility index (Phi) is 6.39. The SMILES string of the molecule is c1ccc(-c2nc(-c3ccccc3)nc(-n3c4ccccc4c4c(-c5cccc6c5c5ncccc5n6-c5ccccc5)cccc43)n2)cc1. The van der Waals surface area contributed by atoms with E-state index >= 15 is 0 Å². The summed E-state index contributed by atoms with van der Waals surface area (Å²) in [5.74, 6) is 1.82. The number of fused-ring (bicyclic) bond motifs is 6. The zero-order valence-electron chi connectivity index (χ0n) is 26.8. The van der Waals surface area contributed by atoms with Crippen molar-refractivity contribution in [3.63, 3.8) is 0 Å². The summed E-state index contributed by atoms with van der Waals surface area (Å²) in [7, 11) is 0. The molecule has 0 spiro atoms. The molecule has 6 aromatic carbocycles. The van der Waals surface area contributed by atoms with Crippen molar-refractivity contribution >= 4 is 43.7 Å². The Labute approximate surface area is 287 Å². The average Bonchev–Trinajstić information content (AvgIpc) is 3.72. The fourth-order valence-electron chi connectivity index (χ4n) is 7.31. The summed E-state index contributed by atoms with van der Waals surface area (Å²) in [5, 5.41) is 3.38. The smallest absolute Gasteiger partial charge is 0.238 e. The number of hydrogen-bond acceptors (Lipinski definition) is 4. The fourth-order valence-corrected chi connectivity index (χ4v) is 7.31. The summed E-state index contributed by atoms with van der Waals surface area (Å²) < 4.78 is 4.49. The Morgan fingerprint density at radius 3 is 1.60 bits per heavy atom. The molecule has 6 nitrogen and oxygen atoms in total. The quantitative estimate of drug-likeness (QED) is 0.188. The molecular weight excluding hydrogens is 613 g/mol. The van der Waals surface area contributed by atoms with Crippen molar-refractivity contribution in [2.75, 3.05) is 0 Å². The molecule has 0 unspecified atom stereocenters. The predicted molar refractivity (Wildman–Crippen MR) is 203 cm³/mol. The lowest BCUT2D eigenvalue weighted by Gasteiger charge is -2.11. The Bertz CT molecular complexity index is 2800. The first kappa shape index (κ1) is 28.1. The second-order valence-electron chi connectivity index (χ2n) is 12.3. The molecular formula is C44H28N6. The third-order valence-corrected chi connectivity index (χ3v) is 9.44. The maximum absolute atomic E-state index is 5.13. The normalized spacial score (nSPS) is 11.6. The van der Waals surface area contributed by atoms with Crippen molar-refractivity contribution in [3.8, 4) is 45.5 Å². The van der Waals surface area contributed by atoms with Crippen LogP contribution in [0.1, 0.15) is 0 Å². The highest BCUT2D eigenvalue weighted by Crippen LogP contribution is 2.43. The highest BCUT2D eigenvalue weighted by Gasteiger charge is 2.22. The van der Waals surface area contributed by atoms with E-state index in [0.717, 1.165) is 71.7 Å². The number of aromatic nitrogens is 6. The summed E-state index contributed by atoms with van der Waals surface area (Å²) in [4.78, 5) is 20.2. The molecule has 0 fully saturated rings. The average molecular weight is 641 g/mol. The first-order chi connectivity index (χ1) is 24.8. The summed E-state index contributed by atoms with van der Waals surface area (Å²) >= 11 is 0. The van der Waals surface area contributed by atoms with E-state index in [0.29, 0.717) is 17.6 Å². The second-order valence-corrected chi connectivity index (χ2v) is 12.3. The van der Waals surface area contributed by atoms with Gasteiger partial charge < -0.3 is 4.57 Å². The minimum atomic E-state index is 0.571. The molecule has 0 N–H and O–H groups in total. The van der Waals surface area contributed by atoms with Gasteiger partial charge >= 0.3 is 0 Å². The van der Waals surface area contributed by atoms with Crippen LogP contribution in [0.4, 0.5) is 0 Å². The topological polar surface area (TPSA) is 61.4 Å². The number of benzene rings is 6. The summed E-state index contributed by atoms with van der Waals surface area (Å²) in [6, 6.07) is 56.5. The van der Waals surface area contributed by atoms with Crippen LogP contribution < -0.4 is 0 Å². The van der Waals surface area contributed by atoms with Crippen LogP contribution in [0.25, 0.3) is 89.3 Å². The molecule has 0 bridgehead atoms. The van der Waals surface area contributed by atoms with Crippen LogP contribution in [0.2, 0.25) is 0 Å². The van der Waals surface area contributed by atoms with Crippen molar-refractivity contribution in [1.82, 2.24) is 29.1 Å². The zero-order valence-corrected chi connectivity index (χ0v) is 26.8. The van der Waals surface area contributed by atoms with Gasteiger partial charge in [0.25, 0.3) is 0 Å². The largest absolute Gasteiger partial charge is 0.308 e. The third-order valence-electron chi connectivity index (χ3n) is 9.44. The van der Waals surface area contributed by atoms with Gasteiger partial charge in [-0.1, -0.05) is 121 Å². The Balaban J connectivity index is 1.28. The van der Waals surface area contributed by atoms with E-state index in [9.17, 15) is 0 Å². The van der Waals surface area contributed by atoms with Crippen LogP contribution in [0.15, 0.2) is 170 Å². The summed E-state index contributed by atoms with van der Waals surface area (Å²) in [6.45, 7) is 0. The van der Waals surface area contributed by atoms with Gasteiger partial charge in [0, 0.05) is 39.2 Å². The number of nitrogens with zero attached hydrogens (tertiary/aromatic N) is 6. The van der Waals surface area contributed by atoms with Crippen molar-refractivity contribution in [2.45, 2.75) is 0 Å². The second kappa shape index (κ2) is 11.4. The van der Waals surface area contributed by atoms with E-state index in [1.807, 2.05) is 72.9 Å². The van der Waals surface area contributed by atoms with Crippen LogP contribution in [0.5, 0.6) is 0 Å². The van der Waals surface area contributed by atoms with Crippen LogP contribution in [0, 0.1) is 0 Å². The molecule has 0 amide bonds. The lowest BCUT2D eigenvalue weighted by atomic mass is 9.96. The molecule has 0 aliphatic carbocycles. The number of pyridine rings is 1. The molecule has 4 heterocycles. The van der Waals surface area contributed by atoms with Gasteiger partial charge in [0.05, 0.1) is 27.6 Å². The van der Waals surface area contributed by atoms with Crippen LogP contribution >= 0.6 is 0 Å². The zero-order chi connectivity index (χ0) is 33.0. The van der Waals surface area contributed by atoms with Gasteiger partial charge in [0.2, 0.25) is 5.95 Å². The molecule has 0 aliphatic rings. The molecule has 10 rings (SSSR count). The van der Waals surface area contributed by atoms with Crippen molar-refractivity contribution in [1.29, 1.82) is 0 Å². The van der Waals surface area contributed by atoms with E-state index < -0.39 is 0 Å². The molecule has 0 saturated heterocycles. The van der Waals surface area contributed by atoms with Gasteiger partial charge in [-0.3, -0.25) is 9.55 Å². The highest BCUT2D eigenvalue weighted by molar-refractivity contribution is 6.21. The molecule has 0 radical (unpaired) electrons. The van der Waals surface area contributed by atoms with Gasteiger partial charge in [-0.25, -0.2) is 4.98 Å². The monoisotopic (exact) mass is 640 g/mol. The van der Waals surface area contributed by atoms with Crippen molar-refractivity contribution in [3.05, 3.63) is 170 Å². The molecule has 6 heteroatoms. The van der Waals surface area contributed by atoms with Gasteiger partial charge in [0.1, 0.15) is 0 Å². The molecule has 0 saturated carbocycles. The summed E-state index contributed by atoms with van der Waals surface area (Å²) in [6.07, 6.45) is 1.88. The van der Waals surface area contributed by atoms with Gasteiger partial charge in [0.15, 0.2) is 11.6 Å². The number of hydrogen-bond donors (Lipinski definition) is 0. The molecule has 234 valence electrons. The fraction of sp³-hybridized carbons (Fsp3) is 0. The van der Waals surface area contributed by atoms with Crippen LogP contribution in [0.3, 0.4) is 0 Å². The van der Waals surface area contributed by atoms with E-state index in [1.54, 1.807) is 0 Å². The first-order valence-electron chi connectivity index (χ1n) is 16.7. The van der Waals surface area contributed by atoms with E-state index in [-0.39, 0.29) is 0 Å². The van der Waals surface area contributed by atoms with E-state index in [1.165, 1.54) is 0 Å². The van der Waals surface area contributed by atoms with Gasteiger partial charge in [-0.2, -0.15) is 9.97 Å². The summed E-state index contributed by atoms with van der Waals surface area (Å²) in [5.41, 5.74) is 10.4. The maximum atomic E-state index is 5.13. The highest BCUT2D eigenvalue weighted by atomic mass is 15.2. The van der Waals surface area contributed by atoms with Crippen LogP contribution in [-0.2, 0) is 0 Å². The van der Waals surface area contributed by atoms with E-state index in [4.69, 9.17) is 19.9 Å². The van der Waals surface area contributed by atoms with E-state index in [2.05, 4.69) is 106 Å². The Morgan fingerprint density at radius 2 is 0.920 bits per heavy atom. The molecule has 0 aliphatic heterocycles. The minimum Gasteiger partial charge on any atom is -0.308 e. The first-order valence-corrected chi connectivity index (χ1v) is 16.7. The molecule has 50 heavy (non-hydrogen) atoms. The van der Waals surface area contributed by atoms with Crippen LogP contribution in [-0.4, -0.2) is 29.1 Å². The maximum Gasteiger partial charge on any atom is 0.238 e. The molecule has 10 aromatic rings. The van der Waals surface area contributed by atoms with Crippen molar-refractivity contribution < 1.29 is 0 Å². The lowest BCUT2D eigenvalue weighted by molar-refractivity contribution is 0.953. The predicted octanol–water partition coefficient (Wildman–Crippen LogP) is 10.5. The Hall–Kier alpha value is -6.92. The lowest BCUT2D eigenvalue weighted by Crippen LogP contribution is -2.06. The third kappa shape index (κ3) is 4.36.